The number of benzene rings is 1. The van der Waals surface area contributed by atoms with Crippen LogP contribution in [0.4, 0.5) is 4.39 Å². The van der Waals surface area contributed by atoms with Gasteiger partial charge in [0, 0.05) is 25.2 Å². The molecule has 4 heteroatoms. The number of carbonyl (C=O) groups excluding carboxylic acids is 1. The highest BCUT2D eigenvalue weighted by atomic mass is 19.1. The fourth-order valence-corrected chi connectivity index (χ4v) is 3.83. The van der Waals surface area contributed by atoms with E-state index in [0.717, 1.165) is 38.0 Å². The molecule has 1 saturated heterocycles. The SMILES string of the molecule is Cc1cc(F)ccc1C(=O)N1CCNCC12CCCCC2. The van der Waals surface area contributed by atoms with Gasteiger partial charge in [-0.25, -0.2) is 4.39 Å². The lowest BCUT2D eigenvalue weighted by Crippen LogP contribution is -2.63. The Kier molecular flexibility index (Phi) is 3.98. The molecule has 0 unspecified atom stereocenters. The molecular weight excluding hydrogens is 267 g/mol. The largest absolute Gasteiger partial charge is 0.330 e. The molecule has 1 spiro atoms. The van der Waals surface area contributed by atoms with Crippen LogP contribution in [0.1, 0.15) is 48.0 Å². The van der Waals surface area contributed by atoms with Crippen LogP contribution in [0.3, 0.4) is 0 Å². The minimum atomic E-state index is -0.281. The number of amides is 1. The molecule has 1 aliphatic carbocycles. The summed E-state index contributed by atoms with van der Waals surface area (Å²) in [4.78, 5) is 15.0. The molecule has 0 atom stereocenters. The van der Waals surface area contributed by atoms with Crippen molar-refractivity contribution in [3.05, 3.63) is 35.1 Å². The van der Waals surface area contributed by atoms with Crippen molar-refractivity contribution in [3.8, 4) is 0 Å². The molecule has 1 heterocycles. The number of aryl methyl sites for hydroxylation is 1. The number of rotatable bonds is 1. The van der Waals surface area contributed by atoms with E-state index < -0.39 is 0 Å². The van der Waals surface area contributed by atoms with Crippen molar-refractivity contribution in [1.82, 2.24) is 10.2 Å². The normalized spacial score (nSPS) is 21.5. The van der Waals surface area contributed by atoms with Gasteiger partial charge in [0.05, 0.1) is 5.54 Å². The second-order valence-electron chi connectivity index (χ2n) is 6.38. The van der Waals surface area contributed by atoms with Crippen LogP contribution in [-0.2, 0) is 0 Å². The van der Waals surface area contributed by atoms with Crippen LogP contribution in [0.5, 0.6) is 0 Å². The number of nitrogens with one attached hydrogen (secondary N) is 1. The lowest BCUT2D eigenvalue weighted by molar-refractivity contribution is 0.0222. The van der Waals surface area contributed by atoms with Gasteiger partial charge in [-0.15, -0.1) is 0 Å². The molecule has 1 saturated carbocycles. The van der Waals surface area contributed by atoms with Crippen LogP contribution in [0.2, 0.25) is 0 Å². The van der Waals surface area contributed by atoms with Crippen LogP contribution in [0.25, 0.3) is 0 Å². The van der Waals surface area contributed by atoms with Gasteiger partial charge in [0.1, 0.15) is 5.82 Å². The maximum absolute atomic E-state index is 13.3. The quantitative estimate of drug-likeness (QED) is 0.862. The number of piperazine rings is 1. The van der Waals surface area contributed by atoms with Crippen LogP contribution in [-0.4, -0.2) is 36.0 Å². The van der Waals surface area contributed by atoms with Crippen molar-refractivity contribution in [3.63, 3.8) is 0 Å². The van der Waals surface area contributed by atoms with E-state index in [1.54, 1.807) is 6.07 Å². The zero-order chi connectivity index (χ0) is 14.9. The van der Waals surface area contributed by atoms with E-state index in [-0.39, 0.29) is 17.3 Å². The molecule has 0 radical (unpaired) electrons. The molecule has 1 aliphatic heterocycles. The number of hydrogen-bond donors (Lipinski definition) is 1. The highest BCUT2D eigenvalue weighted by molar-refractivity contribution is 5.96. The summed E-state index contributed by atoms with van der Waals surface area (Å²) in [7, 11) is 0. The van der Waals surface area contributed by atoms with Crippen LogP contribution < -0.4 is 5.32 Å². The summed E-state index contributed by atoms with van der Waals surface area (Å²) in [5, 5.41) is 3.45. The van der Waals surface area contributed by atoms with E-state index in [2.05, 4.69) is 10.2 Å². The van der Waals surface area contributed by atoms with Gasteiger partial charge in [0.15, 0.2) is 0 Å². The molecule has 3 rings (SSSR count). The fourth-order valence-electron chi connectivity index (χ4n) is 3.83. The Morgan fingerprint density at radius 3 is 2.76 bits per heavy atom. The van der Waals surface area contributed by atoms with E-state index >= 15 is 0 Å². The minimum absolute atomic E-state index is 0.0333. The Bertz CT molecular complexity index is 529. The minimum Gasteiger partial charge on any atom is -0.330 e. The number of hydrogen-bond acceptors (Lipinski definition) is 2. The first-order valence-electron chi connectivity index (χ1n) is 7.91. The summed E-state index contributed by atoms with van der Waals surface area (Å²) in [6.45, 7) is 4.29. The van der Waals surface area contributed by atoms with Crippen LogP contribution >= 0.6 is 0 Å². The van der Waals surface area contributed by atoms with Gasteiger partial charge in [-0.3, -0.25) is 4.79 Å². The van der Waals surface area contributed by atoms with Crippen molar-refractivity contribution in [2.24, 2.45) is 0 Å². The van der Waals surface area contributed by atoms with E-state index in [4.69, 9.17) is 0 Å². The van der Waals surface area contributed by atoms with Crippen LogP contribution in [0, 0.1) is 12.7 Å². The lowest BCUT2D eigenvalue weighted by Gasteiger charge is -2.50. The Balaban J connectivity index is 1.90. The van der Waals surface area contributed by atoms with Crippen molar-refractivity contribution in [2.45, 2.75) is 44.6 Å². The molecule has 1 N–H and O–H groups in total. The van der Waals surface area contributed by atoms with Crippen molar-refractivity contribution in [1.29, 1.82) is 0 Å². The van der Waals surface area contributed by atoms with E-state index in [9.17, 15) is 9.18 Å². The average molecular weight is 290 g/mol. The molecule has 1 amide bonds. The monoisotopic (exact) mass is 290 g/mol. The third-order valence-corrected chi connectivity index (χ3v) is 4.99. The first kappa shape index (κ1) is 14.5. The molecule has 2 aliphatic rings. The Hall–Kier alpha value is -1.42. The number of nitrogens with zero attached hydrogens (tertiary/aromatic N) is 1. The molecule has 1 aromatic carbocycles. The zero-order valence-electron chi connectivity index (χ0n) is 12.6. The first-order valence-corrected chi connectivity index (χ1v) is 7.91. The van der Waals surface area contributed by atoms with E-state index in [1.165, 1.54) is 31.4 Å². The molecule has 114 valence electrons. The summed E-state index contributed by atoms with van der Waals surface area (Å²) in [5.41, 5.74) is 1.33. The number of carbonyl (C=O) groups is 1. The predicted molar refractivity (Wildman–Crippen MR) is 80.9 cm³/mol. The Morgan fingerprint density at radius 1 is 1.29 bits per heavy atom. The van der Waals surface area contributed by atoms with Crippen molar-refractivity contribution >= 4 is 5.91 Å². The van der Waals surface area contributed by atoms with Crippen molar-refractivity contribution in [2.75, 3.05) is 19.6 Å². The number of halogens is 1. The van der Waals surface area contributed by atoms with Crippen LogP contribution in [0.15, 0.2) is 18.2 Å². The average Bonchev–Trinajstić information content (AvgIpc) is 2.48. The summed E-state index contributed by atoms with van der Waals surface area (Å²) < 4.78 is 13.3. The predicted octanol–water partition coefficient (Wildman–Crippen LogP) is 2.88. The first-order chi connectivity index (χ1) is 10.1. The molecule has 0 aromatic heterocycles. The van der Waals surface area contributed by atoms with E-state index in [0.29, 0.717) is 5.56 Å². The summed E-state index contributed by atoms with van der Waals surface area (Å²) in [6, 6.07) is 4.46. The second-order valence-corrected chi connectivity index (χ2v) is 6.38. The highest BCUT2D eigenvalue weighted by Crippen LogP contribution is 2.35. The molecule has 1 aromatic rings. The maximum atomic E-state index is 13.3. The Morgan fingerprint density at radius 2 is 2.05 bits per heavy atom. The van der Waals surface area contributed by atoms with Crippen molar-refractivity contribution < 1.29 is 9.18 Å². The standard InChI is InChI=1S/C17H23FN2O/c1-13-11-14(18)5-6-15(13)16(21)20-10-9-19-12-17(20)7-3-2-4-8-17/h5-6,11,19H,2-4,7-10,12H2,1H3. The summed E-state index contributed by atoms with van der Waals surface area (Å²) in [6.07, 6.45) is 5.79. The van der Waals surface area contributed by atoms with Gasteiger partial charge in [-0.2, -0.15) is 0 Å². The van der Waals surface area contributed by atoms with E-state index in [1.807, 2.05) is 6.92 Å². The summed E-state index contributed by atoms with van der Waals surface area (Å²) in [5.74, 6) is -0.215. The molecule has 2 fully saturated rings. The van der Waals surface area contributed by atoms with Gasteiger partial charge < -0.3 is 10.2 Å². The third-order valence-electron chi connectivity index (χ3n) is 4.99. The second kappa shape index (κ2) is 5.76. The maximum Gasteiger partial charge on any atom is 0.254 e. The van der Waals surface area contributed by atoms with Gasteiger partial charge in [0.25, 0.3) is 5.91 Å². The Labute approximate surface area is 125 Å². The topological polar surface area (TPSA) is 32.3 Å². The molecule has 0 bridgehead atoms. The lowest BCUT2D eigenvalue weighted by atomic mass is 9.78. The van der Waals surface area contributed by atoms with Gasteiger partial charge in [-0.05, 0) is 43.5 Å². The van der Waals surface area contributed by atoms with Gasteiger partial charge in [-0.1, -0.05) is 19.3 Å². The smallest absolute Gasteiger partial charge is 0.254 e. The summed E-state index contributed by atoms with van der Waals surface area (Å²) >= 11 is 0. The molecule has 3 nitrogen and oxygen atoms in total. The molecular formula is C17H23FN2O. The van der Waals surface area contributed by atoms with Gasteiger partial charge in [0.2, 0.25) is 0 Å². The molecule has 21 heavy (non-hydrogen) atoms. The fraction of sp³-hybridized carbons (Fsp3) is 0.588. The highest BCUT2D eigenvalue weighted by Gasteiger charge is 2.42. The third kappa shape index (κ3) is 2.69. The van der Waals surface area contributed by atoms with Gasteiger partial charge >= 0.3 is 0 Å². The zero-order valence-corrected chi connectivity index (χ0v) is 12.6.